The lowest BCUT2D eigenvalue weighted by Gasteiger charge is -1.96. The van der Waals surface area contributed by atoms with E-state index < -0.39 is 0 Å². The molecule has 1 aromatic heterocycles. The molecule has 0 unspecified atom stereocenters. The Morgan fingerprint density at radius 2 is 2.21 bits per heavy atom. The lowest BCUT2D eigenvalue weighted by Crippen LogP contribution is -1.87. The first-order valence-corrected chi connectivity index (χ1v) is 6.11. The number of benzene rings is 1. The van der Waals surface area contributed by atoms with E-state index >= 15 is 0 Å². The van der Waals surface area contributed by atoms with Crippen molar-refractivity contribution in [1.82, 2.24) is 0 Å². The summed E-state index contributed by atoms with van der Waals surface area (Å²) in [4.78, 5) is 10.8. The molecule has 2 nitrogen and oxygen atoms in total. The van der Waals surface area contributed by atoms with Crippen LogP contribution in [-0.2, 0) is 0 Å². The molecule has 0 saturated heterocycles. The molecule has 2 rings (SSSR count). The molecule has 0 saturated carbocycles. The quantitative estimate of drug-likeness (QED) is 0.483. The number of thiophene rings is 1. The fourth-order valence-electron chi connectivity index (χ4n) is 1.36. The second kappa shape index (κ2) is 3.63. The molecule has 0 amide bonds. The van der Waals surface area contributed by atoms with Gasteiger partial charge in [-0.15, -0.1) is 23.1 Å². The number of aldehydes is 1. The fourth-order valence-corrected chi connectivity index (χ4v) is 3.08. The molecule has 0 aliphatic rings. The van der Waals surface area contributed by atoms with Crippen molar-refractivity contribution in [2.75, 3.05) is 12.0 Å². The summed E-state index contributed by atoms with van der Waals surface area (Å²) in [6.45, 7) is 0. The van der Waals surface area contributed by atoms with E-state index in [0.717, 1.165) is 16.4 Å². The first-order chi connectivity index (χ1) is 6.74. The summed E-state index contributed by atoms with van der Waals surface area (Å²) >= 11 is 3.35. The Morgan fingerprint density at radius 1 is 1.43 bits per heavy atom. The Bertz CT molecular complexity index is 490. The van der Waals surface area contributed by atoms with Crippen LogP contribution in [-0.4, -0.2) is 12.5 Å². The first-order valence-electron chi connectivity index (χ1n) is 4.07. The molecular weight excluding hydrogens is 214 g/mol. The largest absolute Gasteiger partial charge is 0.399 e. The van der Waals surface area contributed by atoms with Gasteiger partial charge in [-0.1, -0.05) is 0 Å². The van der Waals surface area contributed by atoms with Crippen molar-refractivity contribution in [2.24, 2.45) is 0 Å². The van der Waals surface area contributed by atoms with Gasteiger partial charge in [0.05, 0.1) is 4.21 Å². The molecule has 1 aromatic carbocycles. The van der Waals surface area contributed by atoms with Crippen molar-refractivity contribution in [3.05, 3.63) is 23.8 Å². The standard InChI is InChI=1S/C10H9NOS2/c1-13-10-4-8-6(5-12)2-7(11)3-9(8)14-10/h2-5H,11H2,1H3. The first kappa shape index (κ1) is 9.55. The monoisotopic (exact) mass is 223 g/mol. The van der Waals surface area contributed by atoms with Gasteiger partial charge in [-0.25, -0.2) is 0 Å². The van der Waals surface area contributed by atoms with Gasteiger partial charge in [0.25, 0.3) is 0 Å². The lowest BCUT2D eigenvalue weighted by atomic mass is 10.1. The minimum atomic E-state index is 0.647. The maximum Gasteiger partial charge on any atom is 0.150 e. The summed E-state index contributed by atoms with van der Waals surface area (Å²) in [5.74, 6) is 0. The smallest absolute Gasteiger partial charge is 0.150 e. The summed E-state index contributed by atoms with van der Waals surface area (Å²) in [5, 5.41) is 1.00. The highest BCUT2D eigenvalue weighted by atomic mass is 32.2. The number of nitrogens with two attached hydrogens (primary N) is 1. The zero-order valence-corrected chi connectivity index (χ0v) is 9.24. The molecule has 0 radical (unpaired) electrons. The normalized spacial score (nSPS) is 10.6. The van der Waals surface area contributed by atoms with Crippen molar-refractivity contribution in [3.63, 3.8) is 0 Å². The molecule has 1 heterocycles. The molecule has 2 N–H and O–H groups in total. The molecule has 4 heteroatoms. The molecule has 0 aliphatic heterocycles. The Balaban J connectivity index is 2.77. The molecule has 0 atom stereocenters. The molecule has 0 spiro atoms. The fraction of sp³-hybridized carbons (Fsp3) is 0.100. The van der Waals surface area contributed by atoms with Gasteiger partial charge in [0.1, 0.15) is 0 Å². The van der Waals surface area contributed by atoms with Gasteiger partial charge in [0.2, 0.25) is 0 Å². The number of hydrogen-bond acceptors (Lipinski definition) is 4. The number of anilines is 1. The predicted molar refractivity (Wildman–Crippen MR) is 63.4 cm³/mol. The third-order valence-corrected chi connectivity index (χ3v) is 4.14. The average Bonchev–Trinajstić information content (AvgIpc) is 2.59. The van der Waals surface area contributed by atoms with Gasteiger partial charge >= 0.3 is 0 Å². The minimum Gasteiger partial charge on any atom is -0.399 e. The van der Waals surface area contributed by atoms with Gasteiger partial charge in [-0.2, -0.15) is 0 Å². The van der Waals surface area contributed by atoms with E-state index in [4.69, 9.17) is 5.73 Å². The third kappa shape index (κ3) is 1.51. The van der Waals surface area contributed by atoms with Crippen LogP contribution in [0, 0.1) is 0 Å². The number of carbonyl (C=O) groups excluding carboxylic acids is 1. The third-order valence-electron chi connectivity index (χ3n) is 2.00. The van der Waals surface area contributed by atoms with Crippen molar-refractivity contribution in [1.29, 1.82) is 0 Å². The lowest BCUT2D eigenvalue weighted by molar-refractivity contribution is 0.112. The molecule has 0 aliphatic carbocycles. The molecular formula is C10H9NOS2. The highest BCUT2D eigenvalue weighted by molar-refractivity contribution is 8.00. The second-order valence-corrected chi connectivity index (χ2v) is 5.10. The van der Waals surface area contributed by atoms with E-state index in [9.17, 15) is 4.79 Å². The minimum absolute atomic E-state index is 0.647. The van der Waals surface area contributed by atoms with E-state index in [1.54, 1.807) is 29.2 Å². The van der Waals surface area contributed by atoms with Crippen LogP contribution in [0.5, 0.6) is 0 Å². The number of thioether (sulfide) groups is 1. The topological polar surface area (TPSA) is 43.1 Å². The molecule has 0 bridgehead atoms. The maximum atomic E-state index is 10.8. The van der Waals surface area contributed by atoms with Crippen LogP contribution >= 0.6 is 23.1 Å². The SMILES string of the molecule is CSc1cc2c(C=O)cc(N)cc2s1. The van der Waals surface area contributed by atoms with Crippen molar-refractivity contribution >= 4 is 45.2 Å². The number of rotatable bonds is 2. The van der Waals surface area contributed by atoms with E-state index in [0.29, 0.717) is 11.3 Å². The van der Waals surface area contributed by atoms with Crippen LogP contribution in [0.3, 0.4) is 0 Å². The van der Waals surface area contributed by atoms with Gasteiger partial charge < -0.3 is 5.73 Å². The van der Waals surface area contributed by atoms with Crippen molar-refractivity contribution < 1.29 is 4.79 Å². The van der Waals surface area contributed by atoms with Crippen LogP contribution in [0.1, 0.15) is 10.4 Å². The Morgan fingerprint density at radius 3 is 2.86 bits per heavy atom. The summed E-state index contributed by atoms with van der Waals surface area (Å²) in [6, 6.07) is 5.66. The number of nitrogen functional groups attached to an aromatic ring is 1. The number of hydrogen-bond donors (Lipinski definition) is 1. The highest BCUT2D eigenvalue weighted by Gasteiger charge is 2.06. The molecule has 14 heavy (non-hydrogen) atoms. The van der Waals surface area contributed by atoms with Crippen LogP contribution in [0.4, 0.5) is 5.69 Å². The molecule has 0 fully saturated rings. The Labute approximate surface area is 90.1 Å². The van der Waals surface area contributed by atoms with Gasteiger partial charge in [-0.3, -0.25) is 4.79 Å². The van der Waals surface area contributed by atoms with Gasteiger partial charge in [0.15, 0.2) is 6.29 Å². The van der Waals surface area contributed by atoms with Gasteiger partial charge in [-0.05, 0) is 24.5 Å². The van der Waals surface area contributed by atoms with E-state index in [-0.39, 0.29) is 0 Å². The predicted octanol–water partition coefficient (Wildman–Crippen LogP) is 3.02. The number of fused-ring (bicyclic) bond motifs is 1. The van der Waals surface area contributed by atoms with E-state index in [2.05, 4.69) is 0 Å². The van der Waals surface area contributed by atoms with Crippen LogP contribution in [0.25, 0.3) is 10.1 Å². The zero-order chi connectivity index (χ0) is 10.1. The summed E-state index contributed by atoms with van der Waals surface area (Å²) < 4.78 is 2.28. The Kier molecular flexibility index (Phi) is 2.48. The van der Waals surface area contributed by atoms with Crippen molar-refractivity contribution in [3.8, 4) is 0 Å². The average molecular weight is 223 g/mol. The molecule has 2 aromatic rings. The number of carbonyl (C=O) groups is 1. The molecule has 72 valence electrons. The van der Waals surface area contributed by atoms with E-state index in [1.165, 1.54) is 4.21 Å². The highest BCUT2D eigenvalue weighted by Crippen LogP contribution is 2.34. The zero-order valence-electron chi connectivity index (χ0n) is 7.61. The second-order valence-electron chi connectivity index (χ2n) is 2.91. The van der Waals surface area contributed by atoms with Gasteiger partial charge in [0, 0.05) is 21.3 Å². The summed E-state index contributed by atoms with van der Waals surface area (Å²) in [6.07, 6.45) is 2.88. The maximum absolute atomic E-state index is 10.8. The summed E-state index contributed by atoms with van der Waals surface area (Å²) in [7, 11) is 0. The van der Waals surface area contributed by atoms with Crippen molar-refractivity contribution in [2.45, 2.75) is 4.21 Å². The van der Waals surface area contributed by atoms with Crippen LogP contribution < -0.4 is 5.73 Å². The van der Waals surface area contributed by atoms with Crippen LogP contribution in [0.15, 0.2) is 22.4 Å². The summed E-state index contributed by atoms with van der Waals surface area (Å²) in [5.41, 5.74) is 7.02. The Hall–Kier alpha value is -1.000. The van der Waals surface area contributed by atoms with E-state index in [1.807, 2.05) is 18.4 Å². The van der Waals surface area contributed by atoms with Crippen LogP contribution in [0.2, 0.25) is 0 Å².